The Balaban J connectivity index is 1.45. The van der Waals surface area contributed by atoms with Crippen molar-refractivity contribution in [1.82, 2.24) is 4.98 Å². The lowest BCUT2D eigenvalue weighted by Gasteiger charge is -2.27. The van der Waals surface area contributed by atoms with E-state index in [9.17, 15) is 22.0 Å². The van der Waals surface area contributed by atoms with Gasteiger partial charge < -0.3 is 4.74 Å². The van der Waals surface area contributed by atoms with E-state index in [1.807, 2.05) is 18.3 Å². The Labute approximate surface area is 189 Å². The van der Waals surface area contributed by atoms with Crippen molar-refractivity contribution in [2.45, 2.75) is 51.1 Å². The highest BCUT2D eigenvalue weighted by Crippen LogP contribution is 2.37. The van der Waals surface area contributed by atoms with Crippen LogP contribution in [-0.2, 0) is 6.11 Å². The predicted octanol–water partition coefficient (Wildman–Crippen LogP) is 7.98. The van der Waals surface area contributed by atoms with E-state index < -0.39 is 34.9 Å². The average Bonchev–Trinajstić information content (AvgIpc) is 2.82. The fourth-order valence-electron chi connectivity index (χ4n) is 4.35. The lowest BCUT2D eigenvalue weighted by atomic mass is 9.78. The summed E-state index contributed by atoms with van der Waals surface area (Å²) in [5, 5.41) is 0. The summed E-state index contributed by atoms with van der Waals surface area (Å²) in [7, 11) is 0. The molecule has 0 saturated heterocycles. The van der Waals surface area contributed by atoms with Crippen LogP contribution in [0.3, 0.4) is 0 Å². The van der Waals surface area contributed by atoms with Gasteiger partial charge in [0.25, 0.3) is 0 Å². The average molecular weight is 461 g/mol. The smallest absolute Gasteiger partial charge is 0.426 e. The van der Waals surface area contributed by atoms with Crippen molar-refractivity contribution in [3.8, 4) is 17.0 Å². The maximum Gasteiger partial charge on any atom is 0.426 e. The van der Waals surface area contributed by atoms with Crippen molar-refractivity contribution in [3.05, 3.63) is 83.3 Å². The Morgan fingerprint density at radius 2 is 1.55 bits per heavy atom. The molecule has 0 atom stereocenters. The SMILES string of the molecule is CCC1CCC(c2ccc(-c3ccc(C(F)(F)Oc4cc(F)c(F)c(F)c4)cc3)nc2)CC1. The molecule has 1 aliphatic rings. The van der Waals surface area contributed by atoms with Crippen molar-refractivity contribution < 1.29 is 26.7 Å². The first-order valence-corrected chi connectivity index (χ1v) is 11.0. The lowest BCUT2D eigenvalue weighted by Crippen LogP contribution is -2.22. The monoisotopic (exact) mass is 461 g/mol. The number of hydrogen-bond acceptors (Lipinski definition) is 2. The largest absolute Gasteiger partial charge is 0.429 e. The summed E-state index contributed by atoms with van der Waals surface area (Å²) < 4.78 is 73.0. The number of halogens is 5. The van der Waals surface area contributed by atoms with Gasteiger partial charge in [-0.15, -0.1) is 0 Å². The first-order valence-electron chi connectivity index (χ1n) is 11.0. The second-order valence-electron chi connectivity index (χ2n) is 8.50. The van der Waals surface area contributed by atoms with Gasteiger partial charge in [0.15, 0.2) is 17.5 Å². The highest BCUT2D eigenvalue weighted by Gasteiger charge is 2.35. The molecule has 0 unspecified atom stereocenters. The Kier molecular flexibility index (Phi) is 6.68. The topological polar surface area (TPSA) is 22.1 Å². The van der Waals surface area contributed by atoms with E-state index in [0.29, 0.717) is 29.3 Å². The van der Waals surface area contributed by atoms with E-state index in [1.165, 1.54) is 37.0 Å². The standard InChI is InChI=1S/C26H24F5NO/c1-2-16-3-5-17(6-4-16)19-9-12-24(32-15-19)18-7-10-20(11-8-18)26(30,31)33-21-13-22(27)25(29)23(28)14-21/h7-17H,2-6H2,1H3. The number of alkyl halides is 2. The molecule has 0 amide bonds. The molecule has 1 fully saturated rings. The van der Waals surface area contributed by atoms with Crippen LogP contribution in [0.15, 0.2) is 54.7 Å². The normalized spacial score (nSPS) is 18.8. The minimum atomic E-state index is -3.87. The predicted molar refractivity (Wildman–Crippen MR) is 116 cm³/mol. The van der Waals surface area contributed by atoms with Crippen molar-refractivity contribution in [3.63, 3.8) is 0 Å². The molecule has 1 saturated carbocycles. The van der Waals surface area contributed by atoms with Gasteiger partial charge >= 0.3 is 6.11 Å². The fourth-order valence-corrected chi connectivity index (χ4v) is 4.35. The second kappa shape index (κ2) is 9.49. The molecule has 1 aliphatic carbocycles. The summed E-state index contributed by atoms with van der Waals surface area (Å²) in [5.41, 5.74) is 1.98. The van der Waals surface area contributed by atoms with Gasteiger partial charge in [-0.05, 0) is 61.3 Å². The van der Waals surface area contributed by atoms with Crippen molar-refractivity contribution in [2.24, 2.45) is 5.92 Å². The number of ether oxygens (including phenoxy) is 1. The van der Waals surface area contributed by atoms with E-state index >= 15 is 0 Å². The van der Waals surface area contributed by atoms with Gasteiger partial charge in [0.2, 0.25) is 0 Å². The van der Waals surface area contributed by atoms with Gasteiger partial charge in [-0.3, -0.25) is 4.98 Å². The van der Waals surface area contributed by atoms with Crippen molar-refractivity contribution >= 4 is 0 Å². The lowest BCUT2D eigenvalue weighted by molar-refractivity contribution is -0.185. The highest BCUT2D eigenvalue weighted by molar-refractivity contribution is 5.59. The first kappa shape index (κ1) is 23.2. The molecule has 7 heteroatoms. The van der Waals surface area contributed by atoms with Crippen molar-refractivity contribution in [1.29, 1.82) is 0 Å². The van der Waals surface area contributed by atoms with Gasteiger partial charge in [0.05, 0.1) is 11.3 Å². The van der Waals surface area contributed by atoms with Crippen LogP contribution in [0.25, 0.3) is 11.3 Å². The van der Waals surface area contributed by atoms with Crippen LogP contribution in [0.1, 0.15) is 56.1 Å². The van der Waals surface area contributed by atoms with E-state index in [2.05, 4.69) is 16.6 Å². The molecule has 2 aromatic carbocycles. The number of nitrogens with zero attached hydrogens (tertiary/aromatic N) is 1. The number of aromatic nitrogens is 1. The molecule has 3 aromatic rings. The van der Waals surface area contributed by atoms with Gasteiger partial charge in [-0.2, -0.15) is 8.78 Å². The molecule has 1 aromatic heterocycles. The summed E-state index contributed by atoms with van der Waals surface area (Å²) in [6.07, 6.45) is 3.99. The van der Waals surface area contributed by atoms with Crippen LogP contribution in [0.5, 0.6) is 5.75 Å². The third-order valence-electron chi connectivity index (χ3n) is 6.40. The third-order valence-corrected chi connectivity index (χ3v) is 6.40. The molecule has 0 aliphatic heterocycles. The van der Waals surface area contributed by atoms with Gasteiger partial charge in [-0.1, -0.05) is 31.5 Å². The van der Waals surface area contributed by atoms with Gasteiger partial charge in [0.1, 0.15) is 5.75 Å². The Bertz CT molecular complexity index is 1070. The van der Waals surface area contributed by atoms with Crippen LogP contribution < -0.4 is 4.74 Å². The third kappa shape index (κ3) is 5.18. The van der Waals surface area contributed by atoms with E-state index in [0.717, 1.165) is 30.9 Å². The summed E-state index contributed by atoms with van der Waals surface area (Å²) in [4.78, 5) is 4.51. The summed E-state index contributed by atoms with van der Waals surface area (Å²) in [5.74, 6) is -4.45. The first-order chi connectivity index (χ1) is 15.8. The van der Waals surface area contributed by atoms with Crippen molar-refractivity contribution in [2.75, 3.05) is 0 Å². The van der Waals surface area contributed by atoms with Crippen LogP contribution in [0, 0.1) is 23.4 Å². The summed E-state index contributed by atoms with van der Waals surface area (Å²) >= 11 is 0. The molecule has 0 radical (unpaired) electrons. The summed E-state index contributed by atoms with van der Waals surface area (Å²) in [6.45, 7) is 2.23. The molecule has 0 bridgehead atoms. The van der Waals surface area contributed by atoms with Crippen LogP contribution in [-0.4, -0.2) is 4.98 Å². The maximum absolute atomic E-state index is 14.5. The van der Waals surface area contributed by atoms with Crippen LogP contribution in [0.4, 0.5) is 22.0 Å². The molecular formula is C26H24F5NO. The van der Waals surface area contributed by atoms with E-state index in [4.69, 9.17) is 0 Å². The molecular weight excluding hydrogens is 437 g/mol. The van der Waals surface area contributed by atoms with Gasteiger partial charge in [0, 0.05) is 23.9 Å². The highest BCUT2D eigenvalue weighted by atomic mass is 19.3. The zero-order valence-corrected chi connectivity index (χ0v) is 18.1. The molecule has 4 rings (SSSR count). The van der Waals surface area contributed by atoms with Crippen LogP contribution in [0.2, 0.25) is 0 Å². The molecule has 33 heavy (non-hydrogen) atoms. The molecule has 174 valence electrons. The Morgan fingerprint density at radius 1 is 0.909 bits per heavy atom. The zero-order chi connectivity index (χ0) is 23.6. The fraction of sp³-hybridized carbons (Fsp3) is 0.346. The molecule has 1 heterocycles. The number of benzene rings is 2. The second-order valence-corrected chi connectivity index (χ2v) is 8.50. The maximum atomic E-state index is 14.5. The summed E-state index contributed by atoms with van der Waals surface area (Å²) in [6, 6.07) is 9.96. The van der Waals surface area contributed by atoms with E-state index in [1.54, 1.807) is 0 Å². The minimum Gasteiger partial charge on any atom is -0.429 e. The molecule has 0 spiro atoms. The minimum absolute atomic E-state index is 0.376. The number of rotatable bonds is 6. The van der Waals surface area contributed by atoms with Crippen LogP contribution >= 0.6 is 0 Å². The Hall–Kier alpha value is -2.96. The molecule has 0 N–H and O–H groups in total. The number of pyridine rings is 1. The molecule has 2 nitrogen and oxygen atoms in total. The van der Waals surface area contributed by atoms with Gasteiger partial charge in [-0.25, -0.2) is 13.2 Å². The Morgan fingerprint density at radius 3 is 2.09 bits per heavy atom. The zero-order valence-electron chi connectivity index (χ0n) is 18.1. The number of hydrogen-bond donors (Lipinski definition) is 0. The quantitative estimate of drug-likeness (QED) is 0.274. The van der Waals surface area contributed by atoms with E-state index in [-0.39, 0.29) is 0 Å².